The number of hydrogen-bond donors (Lipinski definition) is 0. The quantitative estimate of drug-likeness (QED) is 0.407. The lowest BCUT2D eigenvalue weighted by atomic mass is 10.1. The third-order valence-electron chi connectivity index (χ3n) is 4.23. The lowest BCUT2D eigenvalue weighted by Gasteiger charge is -2.13. The average Bonchev–Trinajstić information content (AvgIpc) is 2.46. The molecule has 0 aromatic heterocycles. The highest BCUT2D eigenvalue weighted by atomic mass is 16.5. The number of hydrogen-bond acceptors (Lipinski definition) is 2. The molecule has 0 radical (unpaired) electrons. The molecule has 2 nitrogen and oxygen atoms in total. The molecule has 0 bridgehead atoms. The second kappa shape index (κ2) is 12.9. The van der Waals surface area contributed by atoms with Crippen LogP contribution in [0.4, 0.5) is 0 Å². The molecular formula is C19H34O2. The molecule has 122 valence electrons. The van der Waals surface area contributed by atoms with Gasteiger partial charge < -0.3 is 4.74 Å². The van der Waals surface area contributed by atoms with Gasteiger partial charge in [0.25, 0.3) is 0 Å². The van der Waals surface area contributed by atoms with E-state index in [1.54, 1.807) is 0 Å². The highest BCUT2D eigenvalue weighted by molar-refractivity contribution is 5.69. The van der Waals surface area contributed by atoms with Crippen LogP contribution in [0.3, 0.4) is 0 Å². The van der Waals surface area contributed by atoms with E-state index in [0.29, 0.717) is 6.42 Å². The fourth-order valence-electron chi connectivity index (χ4n) is 2.86. The molecule has 0 aromatic carbocycles. The minimum atomic E-state index is 0.00427. The Labute approximate surface area is 131 Å². The summed E-state index contributed by atoms with van der Waals surface area (Å²) < 4.78 is 5.47. The Morgan fingerprint density at radius 1 is 0.810 bits per heavy atom. The molecule has 0 saturated heterocycles. The van der Waals surface area contributed by atoms with Crippen LogP contribution in [0.1, 0.15) is 96.8 Å². The van der Waals surface area contributed by atoms with Crippen LogP contribution in [-0.2, 0) is 9.53 Å². The minimum Gasteiger partial charge on any atom is -0.463 e. The van der Waals surface area contributed by atoms with Crippen molar-refractivity contribution in [1.82, 2.24) is 0 Å². The summed E-state index contributed by atoms with van der Waals surface area (Å²) in [7, 11) is 0. The van der Waals surface area contributed by atoms with Crippen LogP contribution in [-0.4, -0.2) is 12.1 Å². The Hall–Kier alpha value is -0.790. The van der Waals surface area contributed by atoms with Gasteiger partial charge in [-0.2, -0.15) is 0 Å². The van der Waals surface area contributed by atoms with Crippen LogP contribution in [0.2, 0.25) is 0 Å². The number of ether oxygens (including phenoxy) is 1. The van der Waals surface area contributed by atoms with E-state index < -0.39 is 0 Å². The van der Waals surface area contributed by atoms with Crippen molar-refractivity contribution < 1.29 is 9.53 Å². The van der Waals surface area contributed by atoms with Crippen LogP contribution in [0.15, 0.2) is 12.2 Å². The van der Waals surface area contributed by atoms with Crippen LogP contribution in [0.25, 0.3) is 0 Å². The van der Waals surface area contributed by atoms with Crippen molar-refractivity contribution in [2.24, 2.45) is 0 Å². The fourth-order valence-corrected chi connectivity index (χ4v) is 2.86. The monoisotopic (exact) mass is 294 g/mol. The molecule has 1 unspecified atom stereocenters. The largest absolute Gasteiger partial charge is 0.463 e. The highest BCUT2D eigenvalue weighted by Crippen LogP contribution is 2.13. The molecule has 1 atom stereocenters. The first-order chi connectivity index (χ1) is 10.3. The normalized spacial score (nSPS) is 26.9. The van der Waals surface area contributed by atoms with Crippen molar-refractivity contribution >= 4 is 5.97 Å². The maximum Gasteiger partial charge on any atom is 0.306 e. The Balaban J connectivity index is 2.24. The van der Waals surface area contributed by atoms with Crippen LogP contribution < -0.4 is 0 Å². The van der Waals surface area contributed by atoms with Crippen molar-refractivity contribution in [2.75, 3.05) is 0 Å². The van der Waals surface area contributed by atoms with E-state index in [9.17, 15) is 4.79 Å². The summed E-state index contributed by atoms with van der Waals surface area (Å²) in [6.45, 7) is 2.03. The summed E-state index contributed by atoms with van der Waals surface area (Å²) in [4.78, 5) is 11.7. The SMILES string of the molecule is CC1CCCCCC/C=C\CCCCCCCCC(=O)O1. The molecule has 21 heavy (non-hydrogen) atoms. The van der Waals surface area contributed by atoms with Gasteiger partial charge in [0.2, 0.25) is 0 Å². The Morgan fingerprint density at radius 3 is 2.00 bits per heavy atom. The fraction of sp³-hybridized carbons (Fsp3) is 0.842. The van der Waals surface area contributed by atoms with Gasteiger partial charge in [0.1, 0.15) is 0 Å². The number of cyclic esters (lactones) is 1. The van der Waals surface area contributed by atoms with Crippen LogP contribution in [0, 0.1) is 0 Å². The summed E-state index contributed by atoms with van der Waals surface area (Å²) in [6, 6.07) is 0. The zero-order valence-electron chi connectivity index (χ0n) is 13.9. The zero-order chi connectivity index (χ0) is 15.2. The van der Waals surface area contributed by atoms with Crippen LogP contribution >= 0.6 is 0 Å². The van der Waals surface area contributed by atoms with Crippen molar-refractivity contribution in [1.29, 1.82) is 0 Å². The summed E-state index contributed by atoms with van der Waals surface area (Å²) in [6.07, 6.45) is 21.3. The van der Waals surface area contributed by atoms with Gasteiger partial charge in [0.05, 0.1) is 6.10 Å². The zero-order valence-corrected chi connectivity index (χ0v) is 13.9. The first kappa shape index (κ1) is 18.3. The maximum atomic E-state index is 11.7. The molecular weight excluding hydrogens is 260 g/mol. The lowest BCUT2D eigenvalue weighted by molar-refractivity contribution is -0.148. The molecule has 0 fully saturated rings. The van der Waals surface area contributed by atoms with Crippen molar-refractivity contribution in [3.8, 4) is 0 Å². The first-order valence-corrected chi connectivity index (χ1v) is 9.13. The van der Waals surface area contributed by atoms with Crippen molar-refractivity contribution in [2.45, 2.75) is 103 Å². The second-order valence-corrected chi connectivity index (χ2v) is 6.42. The van der Waals surface area contributed by atoms with Crippen molar-refractivity contribution in [3.05, 3.63) is 12.2 Å². The smallest absolute Gasteiger partial charge is 0.306 e. The van der Waals surface area contributed by atoms with E-state index in [-0.39, 0.29) is 12.1 Å². The molecule has 1 aliphatic heterocycles. The molecule has 2 heteroatoms. The maximum absolute atomic E-state index is 11.7. The van der Waals surface area contributed by atoms with Crippen molar-refractivity contribution in [3.63, 3.8) is 0 Å². The minimum absolute atomic E-state index is 0.00427. The van der Waals surface area contributed by atoms with Gasteiger partial charge in [-0.15, -0.1) is 0 Å². The van der Waals surface area contributed by atoms with E-state index in [1.807, 2.05) is 6.92 Å². The van der Waals surface area contributed by atoms with Crippen LogP contribution in [0.5, 0.6) is 0 Å². The summed E-state index contributed by atoms with van der Waals surface area (Å²) in [5, 5.41) is 0. The predicted molar refractivity (Wildman–Crippen MR) is 89.3 cm³/mol. The standard InChI is InChI=1S/C19H34O2/c1-18-16-14-12-10-8-6-4-2-3-5-7-9-11-13-15-17-19(20)21-18/h2,4,18H,3,5-17H2,1H3/b4-2-. The third kappa shape index (κ3) is 11.5. The lowest BCUT2D eigenvalue weighted by Crippen LogP contribution is -2.14. The number of carbonyl (C=O) groups is 1. The van der Waals surface area contributed by atoms with Gasteiger partial charge in [-0.05, 0) is 51.9 Å². The van der Waals surface area contributed by atoms with Gasteiger partial charge >= 0.3 is 5.97 Å². The van der Waals surface area contributed by atoms with Gasteiger partial charge in [-0.1, -0.05) is 50.7 Å². The predicted octanol–water partition coefficient (Wildman–Crippen LogP) is 5.95. The van der Waals surface area contributed by atoms with E-state index in [4.69, 9.17) is 4.74 Å². The van der Waals surface area contributed by atoms with Gasteiger partial charge in [-0.3, -0.25) is 4.79 Å². The van der Waals surface area contributed by atoms with Gasteiger partial charge in [0, 0.05) is 6.42 Å². The molecule has 0 amide bonds. The second-order valence-electron chi connectivity index (χ2n) is 6.42. The molecule has 0 N–H and O–H groups in total. The summed E-state index contributed by atoms with van der Waals surface area (Å²) >= 11 is 0. The van der Waals surface area contributed by atoms with E-state index >= 15 is 0 Å². The number of rotatable bonds is 0. The van der Waals surface area contributed by atoms with E-state index in [2.05, 4.69) is 12.2 Å². The Bertz CT molecular complexity index is 283. The Morgan fingerprint density at radius 2 is 1.33 bits per heavy atom. The van der Waals surface area contributed by atoms with E-state index in [1.165, 1.54) is 70.6 Å². The van der Waals surface area contributed by atoms with Gasteiger partial charge in [-0.25, -0.2) is 0 Å². The Kier molecular flexibility index (Phi) is 11.2. The molecule has 0 spiro atoms. The van der Waals surface area contributed by atoms with E-state index in [0.717, 1.165) is 12.8 Å². The number of esters is 1. The highest BCUT2D eigenvalue weighted by Gasteiger charge is 2.08. The number of carbonyl (C=O) groups excluding carboxylic acids is 1. The summed E-state index contributed by atoms with van der Waals surface area (Å²) in [5.74, 6) is 0.00427. The molecule has 1 heterocycles. The molecule has 1 aliphatic rings. The third-order valence-corrected chi connectivity index (χ3v) is 4.23. The summed E-state index contributed by atoms with van der Waals surface area (Å²) in [5.41, 5.74) is 0. The molecule has 0 saturated carbocycles. The molecule has 1 rings (SSSR count). The number of allylic oxidation sites excluding steroid dienone is 2. The van der Waals surface area contributed by atoms with Gasteiger partial charge in [0.15, 0.2) is 0 Å². The molecule has 0 aliphatic carbocycles. The topological polar surface area (TPSA) is 26.3 Å². The first-order valence-electron chi connectivity index (χ1n) is 9.13. The molecule has 0 aromatic rings. The average molecular weight is 294 g/mol.